The van der Waals surface area contributed by atoms with Crippen LogP contribution in [0, 0.1) is 0 Å². The molecule has 1 aromatic carbocycles. The van der Waals surface area contributed by atoms with Gasteiger partial charge < -0.3 is 26.0 Å². The van der Waals surface area contributed by atoms with E-state index in [9.17, 15) is 15.3 Å². The predicted molar refractivity (Wildman–Crippen MR) is 86.4 cm³/mol. The first-order valence-electron chi connectivity index (χ1n) is 7.79. The lowest BCUT2D eigenvalue weighted by atomic mass is 10.2. The molecule has 0 aromatic heterocycles. The third-order valence-electron chi connectivity index (χ3n) is 3.34. The molecule has 5 heteroatoms. The maximum atomic E-state index is 9.96. The van der Waals surface area contributed by atoms with Crippen LogP contribution in [-0.2, 0) is 0 Å². The maximum absolute atomic E-state index is 9.96. The van der Waals surface area contributed by atoms with E-state index in [4.69, 9.17) is 0 Å². The minimum atomic E-state index is -0.716. The minimum absolute atomic E-state index is 0.0539. The molecule has 2 unspecified atom stereocenters. The van der Waals surface area contributed by atoms with Crippen LogP contribution in [0.1, 0.15) is 52.4 Å². The molecule has 0 radical (unpaired) electrons. The van der Waals surface area contributed by atoms with Crippen molar-refractivity contribution < 1.29 is 15.3 Å². The molecule has 0 aliphatic rings. The van der Waals surface area contributed by atoms with Crippen molar-refractivity contribution in [3.63, 3.8) is 0 Å². The Morgan fingerprint density at radius 2 is 1.52 bits per heavy atom. The first-order valence-corrected chi connectivity index (χ1v) is 7.79. The van der Waals surface area contributed by atoms with Crippen molar-refractivity contribution in [2.75, 3.05) is 10.6 Å². The van der Waals surface area contributed by atoms with Crippen molar-refractivity contribution >= 4 is 11.4 Å². The number of phenolic OH excluding ortho intramolecular Hbond substituents is 1. The second kappa shape index (κ2) is 9.47. The summed E-state index contributed by atoms with van der Waals surface area (Å²) >= 11 is 0. The van der Waals surface area contributed by atoms with Gasteiger partial charge in [-0.1, -0.05) is 32.8 Å². The van der Waals surface area contributed by atoms with Gasteiger partial charge in [-0.05, 0) is 37.8 Å². The van der Waals surface area contributed by atoms with Gasteiger partial charge in [0, 0.05) is 0 Å². The third-order valence-corrected chi connectivity index (χ3v) is 3.34. The summed E-state index contributed by atoms with van der Waals surface area (Å²) in [4.78, 5) is 0. The van der Waals surface area contributed by atoms with E-state index in [1.807, 2.05) is 0 Å². The number of unbranched alkanes of at least 4 members (excludes halogenated alkanes) is 2. The normalized spacial score (nSPS) is 13.7. The van der Waals surface area contributed by atoms with E-state index >= 15 is 0 Å². The zero-order chi connectivity index (χ0) is 15.7. The smallest absolute Gasteiger partial charge is 0.140 e. The van der Waals surface area contributed by atoms with E-state index in [2.05, 4.69) is 24.5 Å². The van der Waals surface area contributed by atoms with Gasteiger partial charge in [0.2, 0.25) is 0 Å². The van der Waals surface area contributed by atoms with E-state index in [1.54, 1.807) is 18.2 Å². The molecule has 0 spiro atoms. The Labute approximate surface area is 127 Å². The van der Waals surface area contributed by atoms with E-state index in [1.165, 1.54) is 0 Å². The summed E-state index contributed by atoms with van der Waals surface area (Å²) in [6.07, 6.45) is 3.72. The molecule has 0 saturated carbocycles. The number of rotatable bonds is 10. The van der Waals surface area contributed by atoms with Crippen LogP contribution in [0.25, 0.3) is 0 Å². The van der Waals surface area contributed by atoms with Crippen molar-refractivity contribution in [3.05, 3.63) is 18.2 Å². The lowest BCUT2D eigenvalue weighted by molar-refractivity contribution is 0.186. The Morgan fingerprint density at radius 3 is 2.10 bits per heavy atom. The average molecular weight is 296 g/mol. The van der Waals surface area contributed by atoms with E-state index < -0.39 is 12.5 Å². The van der Waals surface area contributed by atoms with Crippen molar-refractivity contribution in [3.8, 4) is 5.75 Å². The van der Waals surface area contributed by atoms with Gasteiger partial charge in [0.05, 0.1) is 5.69 Å². The van der Waals surface area contributed by atoms with Crippen LogP contribution in [0.2, 0.25) is 0 Å². The van der Waals surface area contributed by atoms with Crippen molar-refractivity contribution in [2.45, 2.75) is 64.8 Å². The van der Waals surface area contributed by atoms with Crippen molar-refractivity contribution in [1.29, 1.82) is 0 Å². The maximum Gasteiger partial charge on any atom is 0.140 e. The average Bonchev–Trinajstić information content (AvgIpc) is 2.46. The van der Waals surface area contributed by atoms with Gasteiger partial charge in [-0.2, -0.15) is 0 Å². The zero-order valence-electron chi connectivity index (χ0n) is 13.0. The summed E-state index contributed by atoms with van der Waals surface area (Å²) in [6, 6.07) is 5.02. The molecule has 1 aromatic rings. The number of anilines is 2. The van der Waals surface area contributed by atoms with E-state index in [-0.39, 0.29) is 5.75 Å². The Kier molecular flexibility index (Phi) is 7.93. The van der Waals surface area contributed by atoms with E-state index in [0.29, 0.717) is 24.2 Å². The highest BCUT2D eigenvalue weighted by molar-refractivity contribution is 5.75. The second-order valence-electron chi connectivity index (χ2n) is 5.30. The summed E-state index contributed by atoms with van der Waals surface area (Å²) < 4.78 is 0. The summed E-state index contributed by atoms with van der Waals surface area (Å²) in [5.74, 6) is 0.0539. The molecule has 2 atom stereocenters. The van der Waals surface area contributed by atoms with Crippen LogP contribution in [0.5, 0.6) is 5.75 Å². The Bertz CT molecular complexity index is 413. The number of hydrogen-bond donors (Lipinski definition) is 5. The number of phenols is 1. The molecule has 5 N–H and O–H groups in total. The highest BCUT2D eigenvalue weighted by atomic mass is 16.3. The second-order valence-corrected chi connectivity index (χ2v) is 5.30. The highest BCUT2D eigenvalue weighted by Gasteiger charge is 2.13. The van der Waals surface area contributed by atoms with Gasteiger partial charge in [0.25, 0.3) is 0 Å². The SMILES string of the molecule is CCCCC(O)Nc1cccc(O)c1NC(O)CCCC. The molecule has 0 heterocycles. The topological polar surface area (TPSA) is 84.8 Å². The summed E-state index contributed by atoms with van der Waals surface area (Å²) in [5, 5.41) is 35.7. The van der Waals surface area contributed by atoms with E-state index in [0.717, 1.165) is 25.7 Å². The summed E-state index contributed by atoms with van der Waals surface area (Å²) in [6.45, 7) is 4.13. The summed E-state index contributed by atoms with van der Waals surface area (Å²) in [7, 11) is 0. The fourth-order valence-corrected chi connectivity index (χ4v) is 2.10. The van der Waals surface area contributed by atoms with Gasteiger partial charge in [0.1, 0.15) is 23.9 Å². The molecule has 1 rings (SSSR count). The number of aliphatic hydroxyl groups excluding tert-OH is 2. The van der Waals surface area contributed by atoms with Gasteiger partial charge in [-0.15, -0.1) is 0 Å². The monoisotopic (exact) mass is 296 g/mol. The summed E-state index contributed by atoms with van der Waals surface area (Å²) in [5.41, 5.74) is 1.02. The van der Waals surface area contributed by atoms with Crippen LogP contribution in [-0.4, -0.2) is 27.8 Å². The van der Waals surface area contributed by atoms with Gasteiger partial charge in [-0.25, -0.2) is 0 Å². The minimum Gasteiger partial charge on any atom is -0.506 e. The van der Waals surface area contributed by atoms with Crippen molar-refractivity contribution in [1.82, 2.24) is 0 Å². The first kappa shape index (κ1) is 17.6. The largest absolute Gasteiger partial charge is 0.506 e. The van der Waals surface area contributed by atoms with Crippen LogP contribution < -0.4 is 10.6 Å². The number of aromatic hydroxyl groups is 1. The molecule has 5 nitrogen and oxygen atoms in total. The van der Waals surface area contributed by atoms with Crippen LogP contribution in [0.3, 0.4) is 0 Å². The molecule has 0 aliphatic heterocycles. The Balaban J connectivity index is 2.73. The van der Waals surface area contributed by atoms with Crippen LogP contribution >= 0.6 is 0 Å². The molecule has 21 heavy (non-hydrogen) atoms. The molecule has 120 valence electrons. The molecular weight excluding hydrogens is 268 g/mol. The van der Waals surface area contributed by atoms with Crippen LogP contribution in [0.4, 0.5) is 11.4 Å². The quantitative estimate of drug-likeness (QED) is 0.338. The van der Waals surface area contributed by atoms with Crippen LogP contribution in [0.15, 0.2) is 18.2 Å². The van der Waals surface area contributed by atoms with Gasteiger partial charge >= 0.3 is 0 Å². The number of hydrogen-bond acceptors (Lipinski definition) is 5. The number of nitrogens with one attached hydrogen (secondary N) is 2. The van der Waals surface area contributed by atoms with Gasteiger partial charge in [-0.3, -0.25) is 0 Å². The predicted octanol–water partition coefficient (Wildman–Crippen LogP) is 3.23. The van der Waals surface area contributed by atoms with Gasteiger partial charge in [0.15, 0.2) is 0 Å². The zero-order valence-corrected chi connectivity index (χ0v) is 13.0. The standard InChI is InChI=1S/C16H28N2O3/c1-3-5-10-14(20)17-12-8-7-9-13(19)16(12)18-15(21)11-6-4-2/h7-9,14-15,17-21H,3-6,10-11H2,1-2H3. The number of aliphatic hydroxyl groups is 2. The molecule has 0 aliphatic carbocycles. The molecule has 0 amide bonds. The fourth-order valence-electron chi connectivity index (χ4n) is 2.10. The molecular formula is C16H28N2O3. The molecule has 0 saturated heterocycles. The lowest BCUT2D eigenvalue weighted by Crippen LogP contribution is -2.22. The first-order chi connectivity index (χ1) is 10.1. The Morgan fingerprint density at radius 1 is 0.952 bits per heavy atom. The molecule has 0 fully saturated rings. The lowest BCUT2D eigenvalue weighted by Gasteiger charge is -2.21. The highest BCUT2D eigenvalue weighted by Crippen LogP contribution is 2.33. The third kappa shape index (κ3) is 6.23. The van der Waals surface area contributed by atoms with Crippen molar-refractivity contribution in [2.24, 2.45) is 0 Å². The fraction of sp³-hybridized carbons (Fsp3) is 0.625. The Hall–Kier alpha value is -1.46. The number of para-hydroxylation sites is 1. The number of benzene rings is 1. The molecule has 0 bridgehead atoms.